The molecule has 2 N–H and O–H groups in total. The lowest BCUT2D eigenvalue weighted by atomic mass is 10.1. The van der Waals surface area contributed by atoms with E-state index in [1.165, 1.54) is 17.5 Å². The quantitative estimate of drug-likeness (QED) is 0.673. The number of carboxylic acid groups (broad SMARTS) is 2. The van der Waals surface area contributed by atoms with Crippen LogP contribution in [0.5, 0.6) is 0 Å². The van der Waals surface area contributed by atoms with Crippen molar-refractivity contribution in [1.82, 2.24) is 9.88 Å². The van der Waals surface area contributed by atoms with Crippen LogP contribution in [0.25, 0.3) is 0 Å². The molecule has 1 aliphatic carbocycles. The van der Waals surface area contributed by atoms with Crippen LogP contribution in [0, 0.1) is 0 Å². The van der Waals surface area contributed by atoms with Crippen molar-refractivity contribution < 1.29 is 29.3 Å². The molecule has 0 spiro atoms. The van der Waals surface area contributed by atoms with Gasteiger partial charge in [0.1, 0.15) is 0 Å². The number of hydrogen-bond donors (Lipinski definition) is 2. The summed E-state index contributed by atoms with van der Waals surface area (Å²) < 4.78 is 12.3. The SMILES string of the molecule is O=CO.O=CO.c1ccc(CCN2CCO[C@H]3[C@@H](OCc4ccncc4)CC[C@@H]32)cc1. The number of carbonyl (C=O) groups is 2. The second-order valence-corrected chi connectivity index (χ2v) is 7.17. The second kappa shape index (κ2) is 14.2. The highest BCUT2D eigenvalue weighted by molar-refractivity contribution is 5.33. The first-order valence-corrected chi connectivity index (χ1v) is 10.3. The summed E-state index contributed by atoms with van der Waals surface area (Å²) in [6.45, 7) is 3.09. The third-order valence-corrected chi connectivity index (χ3v) is 5.39. The Labute approximate surface area is 182 Å². The molecule has 8 nitrogen and oxygen atoms in total. The molecule has 0 bridgehead atoms. The van der Waals surface area contributed by atoms with Crippen molar-refractivity contribution in [3.8, 4) is 0 Å². The lowest BCUT2D eigenvalue weighted by Crippen LogP contribution is -2.52. The van der Waals surface area contributed by atoms with Gasteiger partial charge in [-0.25, -0.2) is 0 Å². The molecule has 1 aromatic carbocycles. The highest BCUT2D eigenvalue weighted by atomic mass is 16.5. The summed E-state index contributed by atoms with van der Waals surface area (Å²) in [7, 11) is 0. The van der Waals surface area contributed by atoms with Crippen molar-refractivity contribution in [3.63, 3.8) is 0 Å². The molecule has 2 fully saturated rings. The van der Waals surface area contributed by atoms with Crippen molar-refractivity contribution in [2.45, 2.75) is 44.1 Å². The number of rotatable bonds is 6. The van der Waals surface area contributed by atoms with Crippen LogP contribution in [0.15, 0.2) is 54.9 Å². The van der Waals surface area contributed by atoms with Gasteiger partial charge in [0.25, 0.3) is 12.9 Å². The molecule has 168 valence electrons. The summed E-state index contributed by atoms with van der Waals surface area (Å²) in [6, 6.07) is 15.3. The molecular weight excluding hydrogens is 400 g/mol. The second-order valence-electron chi connectivity index (χ2n) is 7.17. The molecule has 1 saturated heterocycles. The van der Waals surface area contributed by atoms with E-state index >= 15 is 0 Å². The van der Waals surface area contributed by atoms with Gasteiger partial charge in [-0.15, -0.1) is 0 Å². The van der Waals surface area contributed by atoms with Crippen LogP contribution in [0.2, 0.25) is 0 Å². The van der Waals surface area contributed by atoms with E-state index in [4.69, 9.17) is 29.3 Å². The van der Waals surface area contributed by atoms with Crippen molar-refractivity contribution in [3.05, 3.63) is 66.0 Å². The van der Waals surface area contributed by atoms with Gasteiger partial charge in [0.05, 0.1) is 25.4 Å². The fourth-order valence-electron chi connectivity index (χ4n) is 4.05. The zero-order valence-electron chi connectivity index (χ0n) is 17.5. The Morgan fingerprint density at radius 1 is 1.03 bits per heavy atom. The summed E-state index contributed by atoms with van der Waals surface area (Å²) in [5.41, 5.74) is 2.59. The Kier molecular flexibility index (Phi) is 11.2. The number of aromatic nitrogens is 1. The van der Waals surface area contributed by atoms with Gasteiger partial charge in [0.2, 0.25) is 0 Å². The Morgan fingerprint density at radius 3 is 2.39 bits per heavy atom. The fraction of sp³-hybridized carbons (Fsp3) is 0.435. The average Bonchev–Trinajstić information content (AvgIpc) is 3.22. The van der Waals surface area contributed by atoms with Gasteiger partial charge in [0, 0.05) is 31.5 Å². The van der Waals surface area contributed by atoms with Crippen molar-refractivity contribution >= 4 is 12.9 Å². The Hall–Kier alpha value is -2.81. The van der Waals surface area contributed by atoms with Gasteiger partial charge in [-0.1, -0.05) is 30.3 Å². The van der Waals surface area contributed by atoms with Crippen LogP contribution in [0.3, 0.4) is 0 Å². The van der Waals surface area contributed by atoms with E-state index in [0.717, 1.165) is 32.5 Å². The molecule has 0 amide bonds. The van der Waals surface area contributed by atoms with Crippen molar-refractivity contribution in [1.29, 1.82) is 0 Å². The van der Waals surface area contributed by atoms with Crippen LogP contribution in [0.1, 0.15) is 24.0 Å². The van der Waals surface area contributed by atoms with E-state index in [2.05, 4.69) is 40.2 Å². The molecule has 1 aromatic heterocycles. The molecule has 1 saturated carbocycles. The van der Waals surface area contributed by atoms with Gasteiger partial charge in [-0.05, 0) is 42.5 Å². The van der Waals surface area contributed by atoms with Crippen LogP contribution < -0.4 is 0 Å². The first kappa shape index (κ1) is 24.5. The van der Waals surface area contributed by atoms with Crippen molar-refractivity contribution in [2.75, 3.05) is 19.7 Å². The number of hydrogen-bond acceptors (Lipinski definition) is 6. The fourth-order valence-corrected chi connectivity index (χ4v) is 4.05. The molecule has 1 aliphatic heterocycles. The highest BCUT2D eigenvalue weighted by Crippen LogP contribution is 2.32. The molecule has 2 aromatic rings. The standard InChI is InChI=1S/C21H26N2O2.2CH2O2/c1-2-4-17(5-3-1)10-13-23-14-15-24-21-19(23)6-7-20(21)25-16-18-8-11-22-12-9-18;2*2-1-3/h1-5,8-9,11-12,19-21H,6-7,10,13-16H2;2*1H,(H,2,3)/t19-,20-,21+;;/m0../s1. The summed E-state index contributed by atoms with van der Waals surface area (Å²) in [6.07, 6.45) is 7.41. The predicted molar refractivity (Wildman–Crippen MR) is 115 cm³/mol. The minimum absolute atomic E-state index is 0.206. The number of fused-ring (bicyclic) bond motifs is 1. The molecular formula is C23H30N2O6. The van der Waals surface area contributed by atoms with Gasteiger partial charge in [0.15, 0.2) is 0 Å². The smallest absolute Gasteiger partial charge is 0.290 e. The molecule has 0 radical (unpaired) electrons. The maximum Gasteiger partial charge on any atom is 0.290 e. The number of benzene rings is 1. The molecule has 8 heteroatoms. The number of nitrogens with zero attached hydrogens (tertiary/aromatic N) is 2. The first-order chi connectivity index (χ1) is 15.2. The van der Waals surface area contributed by atoms with Gasteiger partial charge < -0.3 is 19.7 Å². The average molecular weight is 431 g/mol. The van der Waals surface area contributed by atoms with Gasteiger partial charge in [-0.3, -0.25) is 19.5 Å². The zero-order valence-corrected chi connectivity index (χ0v) is 17.5. The minimum atomic E-state index is -0.250. The van der Waals surface area contributed by atoms with E-state index < -0.39 is 0 Å². The van der Waals surface area contributed by atoms with Crippen LogP contribution in [0.4, 0.5) is 0 Å². The topological polar surface area (TPSA) is 109 Å². The molecule has 3 atom stereocenters. The van der Waals surface area contributed by atoms with E-state index in [1.807, 2.05) is 24.5 Å². The van der Waals surface area contributed by atoms with Crippen molar-refractivity contribution in [2.24, 2.45) is 0 Å². The Bertz CT molecular complexity index is 740. The molecule has 4 rings (SSSR count). The zero-order chi connectivity index (χ0) is 22.3. The molecule has 2 heterocycles. The lowest BCUT2D eigenvalue weighted by molar-refractivity contribution is -0.123. The summed E-state index contributed by atoms with van der Waals surface area (Å²) in [5.74, 6) is 0. The normalized spacial score (nSPS) is 22.1. The number of morpholine rings is 1. The van der Waals surface area contributed by atoms with Crippen LogP contribution in [-0.2, 0) is 32.1 Å². The van der Waals surface area contributed by atoms with E-state index in [-0.39, 0.29) is 25.2 Å². The largest absolute Gasteiger partial charge is 0.483 e. The first-order valence-electron chi connectivity index (χ1n) is 10.3. The lowest BCUT2D eigenvalue weighted by Gasteiger charge is -2.39. The predicted octanol–water partition coefficient (Wildman–Crippen LogP) is 2.47. The Balaban J connectivity index is 0.000000513. The van der Waals surface area contributed by atoms with Crippen LogP contribution >= 0.6 is 0 Å². The minimum Gasteiger partial charge on any atom is -0.483 e. The summed E-state index contributed by atoms with van der Waals surface area (Å²) >= 11 is 0. The van der Waals surface area contributed by atoms with Gasteiger partial charge in [-0.2, -0.15) is 0 Å². The molecule has 31 heavy (non-hydrogen) atoms. The van der Waals surface area contributed by atoms with E-state index in [0.29, 0.717) is 12.6 Å². The number of pyridine rings is 1. The maximum atomic E-state index is 8.36. The Morgan fingerprint density at radius 2 is 1.71 bits per heavy atom. The summed E-state index contributed by atoms with van der Waals surface area (Å²) in [5, 5.41) is 13.8. The highest BCUT2D eigenvalue weighted by Gasteiger charge is 2.43. The van der Waals surface area contributed by atoms with Gasteiger partial charge >= 0.3 is 0 Å². The third kappa shape index (κ3) is 8.09. The van der Waals surface area contributed by atoms with Crippen LogP contribution in [-0.4, -0.2) is 71.0 Å². The third-order valence-electron chi connectivity index (χ3n) is 5.39. The van der Waals surface area contributed by atoms with E-state index in [9.17, 15) is 0 Å². The monoisotopic (exact) mass is 430 g/mol. The maximum absolute atomic E-state index is 8.36. The molecule has 0 unspecified atom stereocenters. The summed E-state index contributed by atoms with van der Waals surface area (Å²) in [4.78, 5) is 23.4. The van der Waals surface area contributed by atoms with E-state index in [1.54, 1.807) is 0 Å². The molecule has 2 aliphatic rings. The number of ether oxygens (including phenoxy) is 2.